The first-order valence-corrected chi connectivity index (χ1v) is 10.9. The largest absolute Gasteiger partial charge is 0.384 e. The summed E-state index contributed by atoms with van der Waals surface area (Å²) in [7, 11) is 1.82. The topological polar surface area (TPSA) is 90.0 Å². The highest BCUT2D eigenvalue weighted by molar-refractivity contribution is 7.13. The molecule has 6 nitrogen and oxygen atoms in total. The van der Waals surface area contributed by atoms with Crippen LogP contribution in [0.25, 0.3) is 21.3 Å². The van der Waals surface area contributed by atoms with Gasteiger partial charge >= 0.3 is 0 Å². The lowest BCUT2D eigenvalue weighted by Crippen LogP contribution is -2.29. The molecule has 0 radical (unpaired) electrons. The van der Waals surface area contributed by atoms with E-state index in [0.29, 0.717) is 5.92 Å². The van der Waals surface area contributed by atoms with Crippen molar-refractivity contribution in [1.29, 1.82) is 0 Å². The molecule has 1 aliphatic carbocycles. The van der Waals surface area contributed by atoms with Crippen LogP contribution < -0.4 is 16.6 Å². The third kappa shape index (κ3) is 3.92. The highest BCUT2D eigenvalue weighted by Gasteiger charge is 2.24. The summed E-state index contributed by atoms with van der Waals surface area (Å²) in [5, 5.41) is 4.57. The van der Waals surface area contributed by atoms with Gasteiger partial charge in [-0.15, -0.1) is 11.3 Å². The normalized spacial score (nSPS) is 19.4. The summed E-state index contributed by atoms with van der Waals surface area (Å²) in [5.74, 6) is 0.316. The van der Waals surface area contributed by atoms with Crippen molar-refractivity contribution < 1.29 is 4.79 Å². The van der Waals surface area contributed by atoms with Crippen LogP contribution in [0.4, 0.5) is 5.69 Å². The maximum absolute atomic E-state index is 12.6. The van der Waals surface area contributed by atoms with Crippen molar-refractivity contribution in [2.24, 2.45) is 24.6 Å². The number of anilines is 1. The number of amides is 1. The molecule has 3 N–H and O–H groups in total. The first kappa shape index (κ1) is 19.6. The predicted octanol–water partition coefficient (Wildman–Crippen LogP) is 3.67. The predicted molar refractivity (Wildman–Crippen MR) is 118 cm³/mol. The van der Waals surface area contributed by atoms with Gasteiger partial charge in [0.25, 0.3) is 5.56 Å². The van der Waals surface area contributed by atoms with Gasteiger partial charge in [-0.3, -0.25) is 14.6 Å². The molecule has 1 aliphatic rings. The van der Waals surface area contributed by atoms with E-state index in [1.165, 1.54) is 0 Å². The van der Waals surface area contributed by atoms with Gasteiger partial charge in [0.2, 0.25) is 5.91 Å². The second-order valence-electron chi connectivity index (χ2n) is 8.01. The van der Waals surface area contributed by atoms with Crippen molar-refractivity contribution in [3.05, 3.63) is 45.8 Å². The lowest BCUT2D eigenvalue weighted by Gasteiger charge is -2.27. The zero-order valence-corrected chi connectivity index (χ0v) is 17.6. The Labute approximate surface area is 173 Å². The molecule has 0 bridgehead atoms. The Balaban J connectivity index is 1.64. The van der Waals surface area contributed by atoms with Crippen LogP contribution in [0.2, 0.25) is 0 Å². The summed E-state index contributed by atoms with van der Waals surface area (Å²) in [5.41, 5.74) is 11.3. The molecule has 0 saturated heterocycles. The van der Waals surface area contributed by atoms with Gasteiger partial charge in [0.05, 0.1) is 15.9 Å². The first-order valence-electron chi connectivity index (χ1n) is 10.0. The van der Waals surface area contributed by atoms with Gasteiger partial charge in [0.1, 0.15) is 0 Å². The average Bonchev–Trinajstić information content (AvgIpc) is 3.24. The van der Waals surface area contributed by atoms with Crippen LogP contribution in [-0.2, 0) is 11.8 Å². The fourth-order valence-electron chi connectivity index (χ4n) is 4.39. The minimum absolute atomic E-state index is 0.0145. The number of nitrogens with one attached hydrogen (secondary N) is 1. The molecule has 2 heterocycles. The quantitative estimate of drug-likeness (QED) is 0.671. The smallest absolute Gasteiger partial charge is 0.252 e. The second kappa shape index (κ2) is 7.99. The lowest BCUT2D eigenvalue weighted by atomic mass is 9.81. The number of hydrogen-bond acceptors (Lipinski definition) is 5. The molecule has 1 amide bonds. The van der Waals surface area contributed by atoms with Gasteiger partial charge in [0, 0.05) is 42.8 Å². The van der Waals surface area contributed by atoms with Crippen molar-refractivity contribution >= 4 is 33.8 Å². The summed E-state index contributed by atoms with van der Waals surface area (Å²) >= 11 is 1.61. The third-order valence-corrected chi connectivity index (χ3v) is 6.89. The van der Waals surface area contributed by atoms with E-state index >= 15 is 0 Å². The number of nitrogens with two attached hydrogens (primary N) is 1. The van der Waals surface area contributed by atoms with Gasteiger partial charge in [-0.2, -0.15) is 0 Å². The maximum Gasteiger partial charge on any atom is 0.252 e. The molecular formula is C22H26N4O2S. The highest BCUT2D eigenvalue weighted by atomic mass is 32.1. The number of aryl methyl sites for hydroxylation is 2. The number of thiazole rings is 1. The molecule has 3 aromatic rings. The Hall–Kier alpha value is -2.67. The molecule has 29 heavy (non-hydrogen) atoms. The minimum atomic E-state index is -0.181. The van der Waals surface area contributed by atoms with Gasteiger partial charge in [-0.25, -0.2) is 0 Å². The van der Waals surface area contributed by atoms with Crippen LogP contribution in [0.3, 0.4) is 0 Å². The number of aromatic nitrogens is 2. The monoisotopic (exact) mass is 410 g/mol. The second-order valence-corrected chi connectivity index (χ2v) is 8.90. The van der Waals surface area contributed by atoms with Crippen molar-refractivity contribution in [1.82, 2.24) is 9.55 Å². The number of hydrogen-bond donors (Lipinski definition) is 2. The Morgan fingerprint density at radius 3 is 2.69 bits per heavy atom. The molecule has 0 atom stereocenters. The van der Waals surface area contributed by atoms with Crippen molar-refractivity contribution in [2.75, 3.05) is 11.9 Å². The van der Waals surface area contributed by atoms with E-state index < -0.39 is 0 Å². The molecule has 1 aromatic carbocycles. The van der Waals surface area contributed by atoms with E-state index in [1.807, 2.05) is 25.7 Å². The summed E-state index contributed by atoms with van der Waals surface area (Å²) in [6, 6.07) is 5.94. The zero-order chi connectivity index (χ0) is 20.5. The molecule has 0 aliphatic heterocycles. The Morgan fingerprint density at radius 1 is 1.28 bits per heavy atom. The van der Waals surface area contributed by atoms with Gasteiger partial charge in [-0.05, 0) is 61.8 Å². The van der Waals surface area contributed by atoms with E-state index in [2.05, 4.69) is 22.4 Å². The standard InChI is InChI=1S/C22H26N4O2S/c1-13-7-16(19-11-24-12-29-19)8-17-18(9-20(27)26(2)21(13)17)25-10-14-3-5-15(6-4-14)22(23)28/h7-9,11-12,14-15,25H,3-6,10H2,1-2H3,(H2,23,28)/t14-,15-. The molecule has 4 rings (SSSR count). The SMILES string of the molecule is Cc1cc(-c2cncs2)cc2c(NC[C@H]3CC[C@H](C(N)=O)CC3)cc(=O)n(C)c12. The number of carbonyl (C=O) groups excluding carboxylic acids is 1. The zero-order valence-electron chi connectivity index (χ0n) is 16.8. The molecular weight excluding hydrogens is 384 g/mol. The Bertz CT molecular complexity index is 1100. The number of rotatable bonds is 5. The molecule has 152 valence electrons. The molecule has 7 heteroatoms. The summed E-state index contributed by atoms with van der Waals surface area (Å²) in [4.78, 5) is 29.2. The fourth-order valence-corrected chi connectivity index (χ4v) is 5.00. The number of primary amides is 1. The van der Waals surface area contributed by atoms with E-state index in [9.17, 15) is 9.59 Å². The highest BCUT2D eigenvalue weighted by Crippen LogP contribution is 2.33. The van der Waals surface area contributed by atoms with Crippen molar-refractivity contribution in [3.8, 4) is 10.4 Å². The summed E-state index contributed by atoms with van der Waals surface area (Å²) < 4.78 is 1.71. The Morgan fingerprint density at radius 2 is 2.03 bits per heavy atom. The van der Waals surface area contributed by atoms with Gasteiger partial charge in [-0.1, -0.05) is 0 Å². The number of benzene rings is 1. The lowest BCUT2D eigenvalue weighted by molar-refractivity contribution is -0.122. The molecule has 0 unspecified atom stereocenters. The molecule has 2 aromatic heterocycles. The van der Waals surface area contributed by atoms with Gasteiger partial charge < -0.3 is 15.6 Å². The molecule has 0 spiro atoms. The van der Waals surface area contributed by atoms with Crippen LogP contribution in [0.5, 0.6) is 0 Å². The van der Waals surface area contributed by atoms with Crippen molar-refractivity contribution in [3.63, 3.8) is 0 Å². The number of nitrogens with zero attached hydrogens (tertiary/aromatic N) is 2. The first-order chi connectivity index (χ1) is 13.9. The fraction of sp³-hybridized carbons (Fsp3) is 0.409. The van der Waals surface area contributed by atoms with E-state index in [-0.39, 0.29) is 17.4 Å². The van der Waals surface area contributed by atoms with Crippen LogP contribution in [-0.4, -0.2) is 22.0 Å². The van der Waals surface area contributed by atoms with E-state index in [1.54, 1.807) is 22.0 Å². The molecule has 1 fully saturated rings. The van der Waals surface area contributed by atoms with Crippen LogP contribution in [0.1, 0.15) is 31.2 Å². The number of pyridine rings is 1. The third-order valence-electron chi connectivity index (χ3n) is 6.07. The number of fused-ring (bicyclic) bond motifs is 1. The van der Waals surface area contributed by atoms with Crippen LogP contribution in [0.15, 0.2) is 34.7 Å². The Kier molecular flexibility index (Phi) is 5.41. The maximum atomic E-state index is 12.6. The molecule has 1 saturated carbocycles. The van der Waals surface area contributed by atoms with Crippen LogP contribution in [0, 0.1) is 18.8 Å². The summed E-state index contributed by atoms with van der Waals surface area (Å²) in [6.07, 6.45) is 5.54. The van der Waals surface area contributed by atoms with E-state index in [0.717, 1.165) is 64.8 Å². The van der Waals surface area contributed by atoms with Crippen LogP contribution >= 0.6 is 11.3 Å². The average molecular weight is 411 g/mol. The van der Waals surface area contributed by atoms with Gasteiger partial charge in [0.15, 0.2) is 0 Å². The number of carbonyl (C=O) groups is 1. The van der Waals surface area contributed by atoms with Crippen molar-refractivity contribution in [2.45, 2.75) is 32.6 Å². The minimum Gasteiger partial charge on any atom is -0.384 e. The summed E-state index contributed by atoms with van der Waals surface area (Å²) in [6.45, 7) is 2.83. The van der Waals surface area contributed by atoms with E-state index in [4.69, 9.17) is 5.73 Å².